The highest BCUT2D eigenvalue weighted by molar-refractivity contribution is 5.97. The molecule has 0 unspecified atom stereocenters. The maximum absolute atomic E-state index is 11.8. The van der Waals surface area contributed by atoms with Crippen LogP contribution in [-0.4, -0.2) is 50.3 Å². The minimum atomic E-state index is -1.08. The Morgan fingerprint density at radius 3 is 2.73 bits per heavy atom. The quantitative estimate of drug-likeness (QED) is 0.693. The second kappa shape index (κ2) is 7.48. The Bertz CT molecular complexity index is 526. The van der Waals surface area contributed by atoms with E-state index in [1.165, 1.54) is 17.9 Å². The lowest BCUT2D eigenvalue weighted by molar-refractivity contribution is -0.155. The first-order chi connectivity index (χ1) is 10.5. The molecule has 1 atom stereocenters. The van der Waals surface area contributed by atoms with Crippen molar-refractivity contribution in [3.63, 3.8) is 0 Å². The number of rotatable bonds is 5. The zero-order chi connectivity index (χ0) is 15.9. The average molecular weight is 310 g/mol. The molecule has 2 rings (SSSR count). The summed E-state index contributed by atoms with van der Waals surface area (Å²) >= 11 is 0. The number of amides is 3. The van der Waals surface area contributed by atoms with Gasteiger partial charge in [-0.2, -0.15) is 0 Å². The Kier molecular flexibility index (Phi) is 5.39. The fraction of sp³-hybridized carbons (Fsp3) is 0.667. The van der Waals surface area contributed by atoms with Gasteiger partial charge < -0.3 is 10.1 Å². The van der Waals surface area contributed by atoms with Crippen LogP contribution in [0, 0.1) is 0 Å². The molecule has 0 saturated heterocycles. The van der Waals surface area contributed by atoms with Gasteiger partial charge in [-0.3, -0.25) is 14.9 Å². The van der Waals surface area contributed by atoms with Crippen LogP contribution < -0.4 is 10.6 Å². The number of aromatic nitrogens is 4. The monoisotopic (exact) mass is 310 g/mol. The summed E-state index contributed by atoms with van der Waals surface area (Å²) in [5.41, 5.74) is 0. The van der Waals surface area contributed by atoms with Crippen LogP contribution in [0.3, 0.4) is 0 Å². The smallest absolute Gasteiger partial charge is 0.328 e. The van der Waals surface area contributed by atoms with Crippen LogP contribution in [0.1, 0.15) is 32.6 Å². The number of nitrogens with one attached hydrogen (secondary N) is 2. The molecule has 0 aliphatic heterocycles. The van der Waals surface area contributed by atoms with Gasteiger partial charge in [0.25, 0.3) is 5.91 Å². The highest BCUT2D eigenvalue weighted by atomic mass is 16.5. The summed E-state index contributed by atoms with van der Waals surface area (Å²) in [6, 6.07) is -0.467. The maximum atomic E-state index is 11.8. The molecule has 1 aliphatic rings. The lowest BCUT2D eigenvalue weighted by Crippen LogP contribution is -2.47. The van der Waals surface area contributed by atoms with E-state index in [0.717, 1.165) is 25.7 Å². The van der Waals surface area contributed by atoms with Crippen LogP contribution in [0.15, 0.2) is 6.33 Å². The molecule has 1 aliphatic carbocycles. The van der Waals surface area contributed by atoms with Crippen LogP contribution in [0.5, 0.6) is 0 Å². The first-order valence-electron chi connectivity index (χ1n) is 7.06. The fourth-order valence-corrected chi connectivity index (χ4v) is 2.18. The number of hydrogen-bond acceptors (Lipinski definition) is 7. The molecule has 0 spiro atoms. The number of nitrogens with zero attached hydrogens (tertiary/aromatic N) is 4. The predicted molar refractivity (Wildman–Crippen MR) is 72.3 cm³/mol. The Hall–Kier alpha value is -2.52. The topological polar surface area (TPSA) is 128 Å². The molecule has 1 aromatic heterocycles. The zero-order valence-corrected chi connectivity index (χ0v) is 12.2. The van der Waals surface area contributed by atoms with Crippen LogP contribution in [0.2, 0.25) is 0 Å². The van der Waals surface area contributed by atoms with E-state index in [0.29, 0.717) is 0 Å². The molecule has 2 N–H and O–H groups in total. The number of esters is 1. The maximum Gasteiger partial charge on any atom is 0.328 e. The molecule has 0 aromatic carbocycles. The van der Waals surface area contributed by atoms with Crippen molar-refractivity contribution >= 4 is 17.9 Å². The highest BCUT2D eigenvalue weighted by Gasteiger charge is 2.22. The van der Waals surface area contributed by atoms with E-state index < -0.39 is 24.0 Å². The average Bonchev–Trinajstić information content (AvgIpc) is 3.11. The van der Waals surface area contributed by atoms with E-state index in [1.807, 2.05) is 0 Å². The number of ether oxygens (including phenoxy) is 1. The standard InChI is InChI=1S/C12H18N6O4/c1-8(22-10(19)6-18-7-13-16-17-18)11(20)15-12(21)14-9-4-2-3-5-9/h7-9H,2-6H2,1H3,(H2,14,15,20,21)/t8-/m1/s1. The SMILES string of the molecule is C[C@@H](OC(=O)Cn1cnnn1)C(=O)NC(=O)NC1CCCC1. The summed E-state index contributed by atoms with van der Waals surface area (Å²) < 4.78 is 6.08. The third kappa shape index (κ3) is 4.79. The molecule has 10 nitrogen and oxygen atoms in total. The molecule has 120 valence electrons. The molecule has 10 heteroatoms. The molecule has 1 fully saturated rings. The lowest BCUT2D eigenvalue weighted by atomic mass is 10.2. The lowest BCUT2D eigenvalue weighted by Gasteiger charge is -2.15. The van der Waals surface area contributed by atoms with Gasteiger partial charge in [-0.05, 0) is 30.2 Å². The van der Waals surface area contributed by atoms with Crippen LogP contribution in [0.4, 0.5) is 4.79 Å². The van der Waals surface area contributed by atoms with Gasteiger partial charge in [-0.1, -0.05) is 12.8 Å². The van der Waals surface area contributed by atoms with E-state index in [-0.39, 0.29) is 12.6 Å². The van der Waals surface area contributed by atoms with E-state index in [2.05, 4.69) is 26.2 Å². The van der Waals surface area contributed by atoms with Crippen molar-refractivity contribution in [3.05, 3.63) is 6.33 Å². The summed E-state index contributed by atoms with van der Waals surface area (Å²) in [4.78, 5) is 35.0. The Morgan fingerprint density at radius 2 is 2.09 bits per heavy atom. The summed E-state index contributed by atoms with van der Waals surface area (Å²) in [6.07, 6.45) is 4.14. The van der Waals surface area contributed by atoms with E-state index >= 15 is 0 Å². The number of carbonyl (C=O) groups is 3. The molecular formula is C12H18N6O4. The van der Waals surface area contributed by atoms with Crippen molar-refractivity contribution in [3.8, 4) is 0 Å². The first-order valence-corrected chi connectivity index (χ1v) is 7.06. The molecule has 22 heavy (non-hydrogen) atoms. The van der Waals surface area contributed by atoms with Crippen molar-refractivity contribution in [2.75, 3.05) is 0 Å². The number of urea groups is 1. The third-order valence-corrected chi connectivity index (χ3v) is 3.29. The third-order valence-electron chi connectivity index (χ3n) is 3.29. The van der Waals surface area contributed by atoms with Gasteiger partial charge in [0.15, 0.2) is 6.10 Å². The normalized spacial score (nSPS) is 16.0. The van der Waals surface area contributed by atoms with Gasteiger partial charge >= 0.3 is 12.0 Å². The summed E-state index contributed by atoms with van der Waals surface area (Å²) in [7, 11) is 0. The van der Waals surface area contributed by atoms with Gasteiger partial charge in [0.1, 0.15) is 12.9 Å². The van der Waals surface area contributed by atoms with Crippen molar-refractivity contribution in [2.45, 2.75) is 51.3 Å². The molecule has 0 bridgehead atoms. The summed E-state index contributed by atoms with van der Waals surface area (Å²) in [6.45, 7) is 1.18. The van der Waals surface area contributed by atoms with Gasteiger partial charge in [-0.15, -0.1) is 5.10 Å². The Balaban J connectivity index is 1.71. The second-order valence-electron chi connectivity index (χ2n) is 5.08. The van der Waals surface area contributed by atoms with Crippen LogP contribution in [0.25, 0.3) is 0 Å². The molecule has 3 amide bonds. The van der Waals surface area contributed by atoms with E-state index in [4.69, 9.17) is 4.74 Å². The largest absolute Gasteiger partial charge is 0.451 e. The number of tetrazole rings is 1. The van der Waals surface area contributed by atoms with Crippen molar-refractivity contribution < 1.29 is 19.1 Å². The molecule has 1 aromatic rings. The first kappa shape index (κ1) is 15.9. The van der Waals surface area contributed by atoms with Crippen LogP contribution in [-0.2, 0) is 20.9 Å². The van der Waals surface area contributed by atoms with Crippen molar-refractivity contribution in [1.29, 1.82) is 0 Å². The van der Waals surface area contributed by atoms with Crippen molar-refractivity contribution in [2.24, 2.45) is 0 Å². The number of imide groups is 1. The second-order valence-corrected chi connectivity index (χ2v) is 5.08. The van der Waals surface area contributed by atoms with Gasteiger partial charge in [-0.25, -0.2) is 9.48 Å². The Morgan fingerprint density at radius 1 is 1.36 bits per heavy atom. The van der Waals surface area contributed by atoms with Gasteiger partial charge in [0, 0.05) is 6.04 Å². The predicted octanol–water partition coefficient (Wildman–Crippen LogP) is -0.627. The minimum Gasteiger partial charge on any atom is -0.451 e. The van der Waals surface area contributed by atoms with Gasteiger partial charge in [0.05, 0.1) is 0 Å². The number of hydrogen-bond donors (Lipinski definition) is 2. The summed E-state index contributed by atoms with van der Waals surface area (Å²) in [5.74, 6) is -1.35. The molecule has 1 saturated carbocycles. The fourth-order valence-electron chi connectivity index (χ4n) is 2.18. The van der Waals surface area contributed by atoms with Crippen molar-refractivity contribution in [1.82, 2.24) is 30.8 Å². The highest BCUT2D eigenvalue weighted by Crippen LogP contribution is 2.17. The molecular weight excluding hydrogens is 292 g/mol. The molecule has 1 heterocycles. The zero-order valence-electron chi connectivity index (χ0n) is 12.2. The van der Waals surface area contributed by atoms with E-state index in [9.17, 15) is 14.4 Å². The molecule has 0 radical (unpaired) electrons. The van der Waals surface area contributed by atoms with E-state index in [1.54, 1.807) is 0 Å². The number of carbonyl (C=O) groups excluding carboxylic acids is 3. The summed E-state index contributed by atoms with van der Waals surface area (Å²) in [5, 5.41) is 15.1. The minimum absolute atomic E-state index is 0.102. The Labute approximate surface area is 126 Å². The van der Waals surface area contributed by atoms with Crippen LogP contribution >= 0.6 is 0 Å². The van der Waals surface area contributed by atoms with Gasteiger partial charge in [0.2, 0.25) is 0 Å².